The molecule has 1 fully saturated rings. The highest BCUT2D eigenvalue weighted by atomic mass is 32.2. The van der Waals surface area contributed by atoms with Crippen molar-refractivity contribution >= 4 is 10.0 Å². The van der Waals surface area contributed by atoms with Gasteiger partial charge in [-0.15, -0.1) is 0 Å². The molecule has 0 bridgehead atoms. The quantitative estimate of drug-likeness (QED) is 0.737. The van der Waals surface area contributed by atoms with Crippen LogP contribution in [0.5, 0.6) is 0 Å². The van der Waals surface area contributed by atoms with E-state index in [0.717, 1.165) is 24.8 Å². The molecule has 1 atom stereocenters. The Bertz CT molecular complexity index is 579. The molecule has 4 nitrogen and oxygen atoms in total. The number of hydrogen-bond acceptors (Lipinski definition) is 3. The van der Waals surface area contributed by atoms with Crippen LogP contribution in [0.1, 0.15) is 44.6 Å². The number of hydrogen-bond donors (Lipinski definition) is 0. The molecule has 0 aromatic heterocycles. The minimum Gasteiger partial charge on any atom is -0.384 e. The summed E-state index contributed by atoms with van der Waals surface area (Å²) in [5, 5.41) is 0. The van der Waals surface area contributed by atoms with Gasteiger partial charge in [-0.25, -0.2) is 8.42 Å². The summed E-state index contributed by atoms with van der Waals surface area (Å²) in [6.45, 7) is 6.07. The van der Waals surface area contributed by atoms with Gasteiger partial charge in [0.2, 0.25) is 10.0 Å². The van der Waals surface area contributed by atoms with Gasteiger partial charge in [0.1, 0.15) is 0 Å². The van der Waals surface area contributed by atoms with Crippen molar-refractivity contribution in [3.63, 3.8) is 0 Å². The fourth-order valence-electron chi connectivity index (χ4n) is 3.09. The number of sulfonamides is 1. The molecule has 1 saturated heterocycles. The first-order chi connectivity index (χ1) is 10.5. The second-order valence-corrected chi connectivity index (χ2v) is 8.05. The van der Waals surface area contributed by atoms with Crippen molar-refractivity contribution in [2.24, 2.45) is 5.92 Å². The van der Waals surface area contributed by atoms with Crippen LogP contribution in [0.25, 0.3) is 0 Å². The zero-order valence-corrected chi connectivity index (χ0v) is 14.6. The minimum absolute atomic E-state index is 0.325. The maximum Gasteiger partial charge on any atom is 0.243 e. The Morgan fingerprint density at radius 2 is 2.05 bits per heavy atom. The van der Waals surface area contributed by atoms with Crippen LogP contribution in [0.15, 0.2) is 29.2 Å². The van der Waals surface area contributed by atoms with Crippen LogP contribution in [-0.2, 0) is 14.8 Å². The Hall–Kier alpha value is -0.910. The lowest BCUT2D eigenvalue weighted by atomic mass is 9.92. The highest BCUT2D eigenvalue weighted by Crippen LogP contribution is 2.29. The molecule has 1 unspecified atom stereocenters. The summed E-state index contributed by atoms with van der Waals surface area (Å²) in [7, 11) is -1.70. The topological polar surface area (TPSA) is 46.6 Å². The van der Waals surface area contributed by atoms with Gasteiger partial charge in [-0.2, -0.15) is 4.31 Å². The maximum atomic E-state index is 12.7. The first-order valence-electron chi connectivity index (χ1n) is 8.11. The average Bonchev–Trinajstić information content (AvgIpc) is 2.48. The van der Waals surface area contributed by atoms with Crippen molar-refractivity contribution in [3.8, 4) is 0 Å². The first kappa shape index (κ1) is 17.4. The van der Waals surface area contributed by atoms with Crippen molar-refractivity contribution in [1.82, 2.24) is 4.31 Å². The monoisotopic (exact) mass is 325 g/mol. The Kier molecular flexibility index (Phi) is 6.01. The highest BCUT2D eigenvalue weighted by Gasteiger charge is 2.36. The van der Waals surface area contributed by atoms with Gasteiger partial charge >= 0.3 is 0 Å². The molecule has 1 aromatic rings. The lowest BCUT2D eigenvalue weighted by Crippen LogP contribution is -2.51. The fourth-order valence-corrected chi connectivity index (χ4v) is 4.74. The van der Waals surface area contributed by atoms with Crippen LogP contribution in [0, 0.1) is 5.92 Å². The predicted octanol–water partition coefficient (Wildman–Crippen LogP) is 3.25. The molecule has 1 aliphatic rings. The third kappa shape index (κ3) is 3.70. The smallest absolute Gasteiger partial charge is 0.243 e. The normalized spacial score (nSPS) is 18.1. The Balaban J connectivity index is 2.15. The van der Waals surface area contributed by atoms with Crippen LogP contribution in [-0.4, -0.2) is 39.5 Å². The van der Waals surface area contributed by atoms with E-state index in [9.17, 15) is 8.42 Å². The van der Waals surface area contributed by atoms with Crippen molar-refractivity contribution in [3.05, 3.63) is 29.8 Å². The molecule has 1 heterocycles. The first-order valence-corrected chi connectivity index (χ1v) is 9.55. The van der Waals surface area contributed by atoms with Gasteiger partial charge in [-0.3, -0.25) is 0 Å². The molecule has 124 valence electrons. The summed E-state index contributed by atoms with van der Waals surface area (Å²) in [6, 6.07) is 7.49. The Morgan fingerprint density at radius 1 is 1.32 bits per heavy atom. The molecular weight excluding hydrogens is 298 g/mol. The van der Waals surface area contributed by atoms with Crippen LogP contribution < -0.4 is 0 Å². The van der Waals surface area contributed by atoms with Crippen LogP contribution in [0.2, 0.25) is 0 Å². The fraction of sp³-hybridized carbons (Fsp3) is 0.647. The predicted molar refractivity (Wildman–Crippen MR) is 88.5 cm³/mol. The van der Waals surface area contributed by atoms with Gasteiger partial charge < -0.3 is 4.74 Å². The molecule has 22 heavy (non-hydrogen) atoms. The summed E-state index contributed by atoms with van der Waals surface area (Å²) in [4.78, 5) is 0.426. The van der Waals surface area contributed by atoms with E-state index >= 15 is 0 Å². The molecule has 0 radical (unpaired) electrons. The van der Waals surface area contributed by atoms with E-state index in [4.69, 9.17) is 4.74 Å². The van der Waals surface area contributed by atoms with Crippen molar-refractivity contribution in [2.75, 3.05) is 26.8 Å². The third-order valence-electron chi connectivity index (χ3n) is 4.42. The summed E-state index contributed by atoms with van der Waals surface area (Å²) < 4.78 is 32.0. The second-order valence-electron chi connectivity index (χ2n) is 6.11. The molecule has 1 aliphatic heterocycles. The van der Waals surface area contributed by atoms with E-state index < -0.39 is 10.0 Å². The number of rotatable bonds is 8. The molecular formula is C17H27NO3S. The third-order valence-corrected chi connectivity index (χ3v) is 6.25. The zero-order chi connectivity index (χ0) is 16.2. The lowest BCUT2D eigenvalue weighted by Gasteiger charge is -2.37. The van der Waals surface area contributed by atoms with Crippen LogP contribution in [0.4, 0.5) is 0 Å². The average molecular weight is 325 g/mol. The van der Waals surface area contributed by atoms with Gasteiger partial charge in [0.25, 0.3) is 0 Å². The molecule has 2 rings (SSSR count). The Morgan fingerprint density at radius 3 is 2.64 bits per heavy atom. The van der Waals surface area contributed by atoms with E-state index in [0.29, 0.717) is 36.4 Å². The summed E-state index contributed by atoms with van der Waals surface area (Å²) in [5.41, 5.74) is 1.14. The Labute approximate surface area is 134 Å². The van der Waals surface area contributed by atoms with Crippen molar-refractivity contribution < 1.29 is 13.2 Å². The molecule has 0 saturated carbocycles. The molecule has 0 aliphatic carbocycles. The maximum absolute atomic E-state index is 12.7. The molecule has 0 amide bonds. The highest BCUT2D eigenvalue weighted by molar-refractivity contribution is 7.89. The number of methoxy groups -OCH3 is 1. The van der Waals surface area contributed by atoms with Crippen molar-refractivity contribution in [1.29, 1.82) is 0 Å². The summed E-state index contributed by atoms with van der Waals surface area (Å²) >= 11 is 0. The lowest BCUT2D eigenvalue weighted by molar-refractivity contribution is 0.0822. The van der Waals surface area contributed by atoms with E-state index in [1.807, 2.05) is 18.2 Å². The number of nitrogens with zero attached hydrogens (tertiary/aromatic N) is 1. The van der Waals surface area contributed by atoms with Gasteiger partial charge in [0.05, 0.1) is 11.5 Å². The van der Waals surface area contributed by atoms with Crippen LogP contribution >= 0.6 is 0 Å². The second kappa shape index (κ2) is 7.57. The van der Waals surface area contributed by atoms with E-state index in [1.165, 1.54) is 0 Å². The van der Waals surface area contributed by atoms with Gasteiger partial charge in [0.15, 0.2) is 0 Å². The summed E-state index contributed by atoms with van der Waals surface area (Å²) in [6.07, 6.45) is 3.25. The molecule has 0 N–H and O–H groups in total. The number of benzene rings is 1. The SMILES string of the molecule is CCCC(CC)c1cccc(S(=O)(=O)N2CC(COC)C2)c1. The number of ether oxygens (including phenoxy) is 1. The van der Waals surface area contributed by atoms with Crippen LogP contribution in [0.3, 0.4) is 0 Å². The standard InChI is InChI=1S/C17H27NO3S/c1-4-7-15(5-2)16-8-6-9-17(10-16)22(19,20)18-11-14(12-18)13-21-3/h6,8-10,14-15H,4-5,7,11-13H2,1-3H3. The zero-order valence-electron chi connectivity index (χ0n) is 13.8. The van der Waals surface area contributed by atoms with Crippen molar-refractivity contribution in [2.45, 2.75) is 43.9 Å². The largest absolute Gasteiger partial charge is 0.384 e. The van der Waals surface area contributed by atoms with E-state index in [-0.39, 0.29) is 0 Å². The van der Waals surface area contributed by atoms with E-state index in [2.05, 4.69) is 13.8 Å². The molecule has 1 aromatic carbocycles. The minimum atomic E-state index is -3.35. The van der Waals surface area contributed by atoms with Gasteiger partial charge in [-0.05, 0) is 36.5 Å². The van der Waals surface area contributed by atoms with Gasteiger partial charge in [0, 0.05) is 26.1 Å². The van der Waals surface area contributed by atoms with E-state index in [1.54, 1.807) is 17.5 Å². The summed E-state index contributed by atoms with van der Waals surface area (Å²) in [5.74, 6) is 0.768. The molecule has 5 heteroatoms. The molecule has 0 spiro atoms. The van der Waals surface area contributed by atoms with Gasteiger partial charge in [-0.1, -0.05) is 32.4 Å².